The molecule has 11 heteroatoms. The molecule has 2 aliphatic heterocycles. The van der Waals surface area contributed by atoms with E-state index in [9.17, 15) is 9.18 Å². The fraction of sp³-hybridized carbons (Fsp3) is 0.348. The third-order valence-corrected chi connectivity index (χ3v) is 6.39. The van der Waals surface area contributed by atoms with Gasteiger partial charge >= 0.3 is 0 Å². The maximum atomic E-state index is 14.9. The van der Waals surface area contributed by atoms with Crippen LogP contribution in [0.25, 0.3) is 10.9 Å². The number of rotatable bonds is 6. The maximum Gasteiger partial charge on any atom is 0.254 e. The molecule has 2 fully saturated rings. The Balaban J connectivity index is 1.22. The van der Waals surface area contributed by atoms with Crippen molar-refractivity contribution in [2.24, 2.45) is 5.92 Å². The van der Waals surface area contributed by atoms with Crippen LogP contribution < -0.4 is 5.73 Å². The average Bonchev–Trinajstić information content (AvgIpc) is 3.35. The molecule has 4 aromatic rings. The Morgan fingerprint density at radius 3 is 2.85 bits per heavy atom. The zero-order chi connectivity index (χ0) is 23.2. The van der Waals surface area contributed by atoms with Crippen molar-refractivity contribution in [2.75, 3.05) is 32.0 Å². The average molecular weight is 462 g/mol. The van der Waals surface area contributed by atoms with E-state index < -0.39 is 0 Å². The van der Waals surface area contributed by atoms with Crippen LogP contribution in [0.2, 0.25) is 0 Å². The van der Waals surface area contributed by atoms with Gasteiger partial charge in [0.25, 0.3) is 5.91 Å². The standard InChI is InChI=1S/C23H23FN8O2/c24-18-2-1-3-19-21(18)22(16-8-30(9-16)23(33)15-4-5-26-20(25)6-15)28-32(19)11-17-10-31(29-27-17)7-14-12-34-13-14/h1-6,10,14,16H,7-9,11-13H2,(H2,25,26). The lowest BCUT2D eigenvalue weighted by molar-refractivity contribution is -0.0410. The molecule has 0 bridgehead atoms. The van der Waals surface area contributed by atoms with Crippen LogP contribution in [0, 0.1) is 11.7 Å². The smallest absolute Gasteiger partial charge is 0.254 e. The minimum atomic E-state index is -0.320. The minimum Gasteiger partial charge on any atom is -0.384 e. The number of hydrogen-bond acceptors (Lipinski definition) is 7. The van der Waals surface area contributed by atoms with E-state index in [0.29, 0.717) is 53.5 Å². The topological polar surface area (TPSA) is 117 Å². The number of nitrogens with two attached hydrogens (primary N) is 1. The number of carbonyl (C=O) groups excluding carboxylic acids is 1. The van der Waals surface area contributed by atoms with Crippen LogP contribution in [0.1, 0.15) is 27.7 Å². The molecule has 0 saturated carbocycles. The van der Waals surface area contributed by atoms with Gasteiger partial charge < -0.3 is 15.4 Å². The van der Waals surface area contributed by atoms with Gasteiger partial charge in [-0.2, -0.15) is 5.10 Å². The Kier molecular flexibility index (Phi) is 4.98. The van der Waals surface area contributed by atoms with Crippen molar-refractivity contribution in [1.29, 1.82) is 0 Å². The Bertz CT molecular complexity index is 1370. The summed E-state index contributed by atoms with van der Waals surface area (Å²) in [6.45, 7) is 3.56. The van der Waals surface area contributed by atoms with Crippen LogP contribution in [0.5, 0.6) is 0 Å². The minimum absolute atomic E-state index is 0.0573. The molecule has 1 amide bonds. The molecule has 0 atom stereocenters. The van der Waals surface area contributed by atoms with E-state index in [-0.39, 0.29) is 17.6 Å². The van der Waals surface area contributed by atoms with Crippen molar-refractivity contribution in [3.63, 3.8) is 0 Å². The first-order chi connectivity index (χ1) is 16.5. The van der Waals surface area contributed by atoms with Gasteiger partial charge in [0, 0.05) is 43.2 Å². The van der Waals surface area contributed by atoms with Crippen molar-refractivity contribution in [3.8, 4) is 0 Å². The molecule has 0 aliphatic carbocycles. The molecule has 3 aromatic heterocycles. The van der Waals surface area contributed by atoms with Crippen LogP contribution in [0.3, 0.4) is 0 Å². The number of amides is 1. The molecule has 10 nitrogen and oxygen atoms in total. The third kappa shape index (κ3) is 3.67. The number of aromatic nitrogens is 6. The first-order valence-corrected chi connectivity index (χ1v) is 11.2. The number of hydrogen-bond donors (Lipinski definition) is 1. The van der Waals surface area contributed by atoms with Crippen LogP contribution in [0.4, 0.5) is 10.2 Å². The predicted molar refractivity (Wildman–Crippen MR) is 120 cm³/mol. The van der Waals surface area contributed by atoms with Gasteiger partial charge in [-0.1, -0.05) is 11.3 Å². The van der Waals surface area contributed by atoms with Crippen molar-refractivity contribution in [3.05, 3.63) is 65.5 Å². The number of benzene rings is 1. The number of carbonyl (C=O) groups is 1. The quantitative estimate of drug-likeness (QED) is 0.463. The highest BCUT2D eigenvalue weighted by molar-refractivity contribution is 5.95. The summed E-state index contributed by atoms with van der Waals surface area (Å²) in [5, 5.41) is 13.7. The SMILES string of the molecule is Nc1cc(C(=O)N2CC(c3nn(Cc4cn(CC5COC5)nn4)c4cccc(F)c34)C2)ccn1. The van der Waals surface area contributed by atoms with Gasteiger partial charge in [-0.3, -0.25) is 14.2 Å². The molecule has 1 aromatic carbocycles. The van der Waals surface area contributed by atoms with E-state index >= 15 is 0 Å². The second-order valence-corrected chi connectivity index (χ2v) is 8.89. The van der Waals surface area contributed by atoms with Crippen molar-refractivity contribution < 1.29 is 13.9 Å². The van der Waals surface area contributed by atoms with Crippen molar-refractivity contribution in [1.82, 2.24) is 34.7 Å². The van der Waals surface area contributed by atoms with E-state index in [1.165, 1.54) is 12.3 Å². The molecular formula is C23H23FN8O2. The number of pyridine rings is 1. The molecule has 2 N–H and O–H groups in total. The van der Waals surface area contributed by atoms with Crippen molar-refractivity contribution in [2.45, 2.75) is 19.0 Å². The number of halogens is 1. The first kappa shape index (κ1) is 20.7. The van der Waals surface area contributed by atoms with Crippen LogP contribution in [0.15, 0.2) is 42.7 Å². The van der Waals surface area contributed by atoms with E-state index in [2.05, 4.69) is 15.3 Å². The maximum absolute atomic E-state index is 14.9. The molecule has 5 heterocycles. The van der Waals surface area contributed by atoms with Crippen LogP contribution >= 0.6 is 0 Å². The molecular weight excluding hydrogens is 439 g/mol. The summed E-state index contributed by atoms with van der Waals surface area (Å²) in [5.74, 6) is 0.265. The molecule has 0 radical (unpaired) electrons. The fourth-order valence-electron chi connectivity index (χ4n) is 4.51. The lowest BCUT2D eigenvalue weighted by Gasteiger charge is -2.38. The molecule has 0 spiro atoms. The molecule has 0 unspecified atom stereocenters. The van der Waals surface area contributed by atoms with Gasteiger partial charge in [-0.25, -0.2) is 9.37 Å². The van der Waals surface area contributed by atoms with Gasteiger partial charge in [-0.15, -0.1) is 5.10 Å². The summed E-state index contributed by atoms with van der Waals surface area (Å²) in [6, 6.07) is 8.17. The Labute approximate surface area is 194 Å². The highest BCUT2D eigenvalue weighted by Crippen LogP contribution is 2.34. The summed E-state index contributed by atoms with van der Waals surface area (Å²) < 4.78 is 23.7. The Hall–Kier alpha value is -3.86. The van der Waals surface area contributed by atoms with Gasteiger partial charge in [0.2, 0.25) is 0 Å². The Morgan fingerprint density at radius 1 is 1.24 bits per heavy atom. The molecule has 6 rings (SSSR count). The number of likely N-dealkylation sites (tertiary alicyclic amines) is 1. The highest BCUT2D eigenvalue weighted by Gasteiger charge is 2.36. The summed E-state index contributed by atoms with van der Waals surface area (Å²) in [6.07, 6.45) is 3.41. The van der Waals surface area contributed by atoms with Crippen molar-refractivity contribution >= 4 is 22.6 Å². The second kappa shape index (κ2) is 8.17. The van der Waals surface area contributed by atoms with Gasteiger partial charge in [0.05, 0.1) is 42.6 Å². The lowest BCUT2D eigenvalue weighted by atomic mass is 9.93. The van der Waals surface area contributed by atoms with Gasteiger partial charge in [0.1, 0.15) is 17.3 Å². The lowest BCUT2D eigenvalue weighted by Crippen LogP contribution is -2.48. The molecule has 2 saturated heterocycles. The zero-order valence-electron chi connectivity index (χ0n) is 18.3. The van der Waals surface area contributed by atoms with Crippen LogP contribution in [-0.2, 0) is 17.8 Å². The summed E-state index contributed by atoms with van der Waals surface area (Å²) in [4.78, 5) is 18.4. The van der Waals surface area contributed by atoms with Crippen LogP contribution in [-0.4, -0.2) is 66.9 Å². The summed E-state index contributed by atoms with van der Waals surface area (Å²) in [5.41, 5.74) is 8.30. The highest BCUT2D eigenvalue weighted by atomic mass is 19.1. The Morgan fingerprint density at radius 2 is 2.09 bits per heavy atom. The number of anilines is 1. The van der Waals surface area contributed by atoms with Gasteiger partial charge in [0.15, 0.2) is 0 Å². The molecule has 34 heavy (non-hydrogen) atoms. The van der Waals surface area contributed by atoms with E-state index in [1.54, 1.807) is 27.8 Å². The normalized spacial score (nSPS) is 16.6. The number of ether oxygens (including phenoxy) is 1. The molecule has 2 aliphatic rings. The number of fused-ring (bicyclic) bond motifs is 1. The number of nitrogens with zero attached hydrogens (tertiary/aromatic N) is 7. The van der Waals surface area contributed by atoms with Gasteiger partial charge in [-0.05, 0) is 24.3 Å². The third-order valence-electron chi connectivity index (χ3n) is 6.39. The summed E-state index contributed by atoms with van der Waals surface area (Å²) in [7, 11) is 0. The fourth-order valence-corrected chi connectivity index (χ4v) is 4.51. The number of nitrogen functional groups attached to an aromatic ring is 1. The predicted octanol–water partition coefficient (Wildman–Crippen LogP) is 1.68. The second-order valence-electron chi connectivity index (χ2n) is 8.89. The monoisotopic (exact) mass is 462 g/mol. The summed E-state index contributed by atoms with van der Waals surface area (Å²) >= 11 is 0. The van der Waals surface area contributed by atoms with E-state index in [4.69, 9.17) is 15.6 Å². The zero-order valence-corrected chi connectivity index (χ0v) is 18.3. The first-order valence-electron chi connectivity index (χ1n) is 11.2. The van der Waals surface area contributed by atoms with E-state index in [1.807, 2.05) is 16.9 Å². The molecule has 174 valence electrons. The largest absolute Gasteiger partial charge is 0.384 e. The van der Waals surface area contributed by atoms with E-state index in [0.717, 1.165) is 25.5 Å².